The number of furan rings is 1. The molecule has 0 saturated carbocycles. The summed E-state index contributed by atoms with van der Waals surface area (Å²) in [4.78, 5) is 0. The van der Waals surface area contributed by atoms with Crippen LogP contribution in [-0.4, -0.2) is 0 Å². The maximum atomic E-state index is 6.76. The van der Waals surface area contributed by atoms with Gasteiger partial charge in [0.1, 0.15) is 11.2 Å². The molecule has 0 spiro atoms. The van der Waals surface area contributed by atoms with Gasteiger partial charge in [0.25, 0.3) is 0 Å². The van der Waals surface area contributed by atoms with Crippen LogP contribution in [0, 0.1) is 0 Å². The number of hydrogen-bond acceptors (Lipinski definition) is 1. The molecule has 54 heavy (non-hydrogen) atoms. The van der Waals surface area contributed by atoms with Gasteiger partial charge in [-0.1, -0.05) is 166 Å². The lowest BCUT2D eigenvalue weighted by molar-refractivity contribution is 0.661. The molecule has 12 rings (SSSR count). The number of benzene rings is 10. The molecule has 252 valence electrons. The van der Waals surface area contributed by atoms with Crippen molar-refractivity contribution in [1.82, 2.24) is 0 Å². The molecule has 1 heterocycles. The van der Waals surface area contributed by atoms with Crippen molar-refractivity contribution < 1.29 is 4.42 Å². The zero-order valence-corrected chi connectivity index (χ0v) is 30.1. The highest BCUT2D eigenvalue weighted by Crippen LogP contribution is 2.54. The molecule has 1 heteroatoms. The van der Waals surface area contributed by atoms with Crippen molar-refractivity contribution in [3.8, 4) is 33.4 Å². The lowest BCUT2D eigenvalue weighted by Crippen LogP contribution is -2.15. The minimum Gasteiger partial charge on any atom is -0.456 e. The summed E-state index contributed by atoms with van der Waals surface area (Å²) in [6.07, 6.45) is 0. The molecule has 0 unspecified atom stereocenters. The number of hydrogen-bond donors (Lipinski definition) is 0. The minimum absolute atomic E-state index is 0.123. The highest BCUT2D eigenvalue weighted by Gasteiger charge is 2.37. The molecule has 0 aliphatic heterocycles. The molecule has 0 fully saturated rings. The Morgan fingerprint density at radius 2 is 0.889 bits per heavy atom. The van der Waals surface area contributed by atoms with Gasteiger partial charge in [-0.3, -0.25) is 0 Å². The lowest BCUT2D eigenvalue weighted by atomic mass is 9.80. The molecule has 11 aromatic rings. The van der Waals surface area contributed by atoms with Crippen molar-refractivity contribution >= 4 is 75.8 Å². The quantitative estimate of drug-likeness (QED) is 0.165. The van der Waals surface area contributed by atoms with E-state index in [1.807, 2.05) is 0 Å². The molecular formula is C53H34O. The number of rotatable bonds is 2. The van der Waals surface area contributed by atoms with Gasteiger partial charge in [-0.2, -0.15) is 0 Å². The van der Waals surface area contributed by atoms with Crippen LogP contribution in [0.3, 0.4) is 0 Å². The molecule has 0 bridgehead atoms. The first-order valence-electron chi connectivity index (χ1n) is 18.9. The summed E-state index contributed by atoms with van der Waals surface area (Å²) in [6.45, 7) is 4.77. The van der Waals surface area contributed by atoms with Gasteiger partial charge < -0.3 is 4.42 Å². The summed E-state index contributed by atoms with van der Waals surface area (Å²) in [5.74, 6) is 0. The van der Waals surface area contributed by atoms with Gasteiger partial charge in [-0.15, -0.1) is 0 Å². The zero-order chi connectivity index (χ0) is 35.7. The van der Waals surface area contributed by atoms with E-state index in [1.165, 1.54) is 109 Å². The van der Waals surface area contributed by atoms with Crippen LogP contribution in [0.15, 0.2) is 174 Å². The second-order valence-electron chi connectivity index (χ2n) is 15.5. The van der Waals surface area contributed by atoms with E-state index in [9.17, 15) is 0 Å². The molecule has 1 aliphatic carbocycles. The van der Waals surface area contributed by atoms with Crippen molar-refractivity contribution in [3.05, 3.63) is 181 Å². The van der Waals surface area contributed by atoms with Gasteiger partial charge in [-0.05, 0) is 117 Å². The first-order chi connectivity index (χ1) is 26.6. The Balaban J connectivity index is 1.16. The van der Waals surface area contributed by atoms with Crippen LogP contribution in [0.2, 0.25) is 0 Å². The van der Waals surface area contributed by atoms with Crippen LogP contribution in [0.4, 0.5) is 0 Å². The monoisotopic (exact) mass is 686 g/mol. The number of fused-ring (bicyclic) bond motifs is 14. The lowest BCUT2D eigenvalue weighted by Gasteiger charge is -2.23. The molecule has 0 radical (unpaired) electrons. The molecular weight excluding hydrogens is 653 g/mol. The SMILES string of the molecule is CC1(C)c2cc(-c3c4ccccc4c(-c4cc5oc6ccc7ccccc7c6c5c5ccccc45)c4ccccc34)ccc2-c2c1ccc1ccccc21. The third-order valence-corrected chi connectivity index (χ3v) is 12.4. The minimum atomic E-state index is -0.123. The van der Waals surface area contributed by atoms with Gasteiger partial charge in [0, 0.05) is 16.2 Å². The first kappa shape index (κ1) is 29.8. The molecule has 1 nitrogen and oxygen atoms in total. The zero-order valence-electron chi connectivity index (χ0n) is 30.1. The van der Waals surface area contributed by atoms with Crippen molar-refractivity contribution in [1.29, 1.82) is 0 Å². The normalized spacial score (nSPS) is 13.5. The summed E-state index contributed by atoms with van der Waals surface area (Å²) >= 11 is 0. The molecule has 0 saturated heterocycles. The van der Waals surface area contributed by atoms with E-state index in [0.717, 1.165) is 11.2 Å². The maximum absolute atomic E-state index is 6.76. The second kappa shape index (κ2) is 10.7. The van der Waals surface area contributed by atoms with E-state index in [1.54, 1.807) is 0 Å². The summed E-state index contributed by atoms with van der Waals surface area (Å²) in [7, 11) is 0. The van der Waals surface area contributed by atoms with Crippen molar-refractivity contribution in [2.45, 2.75) is 19.3 Å². The van der Waals surface area contributed by atoms with E-state index in [0.29, 0.717) is 0 Å². The summed E-state index contributed by atoms with van der Waals surface area (Å²) in [5.41, 5.74) is 12.2. The molecule has 0 N–H and O–H groups in total. The van der Waals surface area contributed by atoms with Crippen LogP contribution in [-0.2, 0) is 5.41 Å². The Labute approximate surface area is 312 Å². The Morgan fingerprint density at radius 3 is 1.59 bits per heavy atom. The summed E-state index contributed by atoms with van der Waals surface area (Å²) < 4.78 is 6.76. The van der Waals surface area contributed by atoms with Gasteiger partial charge >= 0.3 is 0 Å². The molecule has 1 aromatic heterocycles. The Hall–Kier alpha value is -6.70. The molecule has 10 aromatic carbocycles. The molecule has 1 aliphatic rings. The van der Waals surface area contributed by atoms with Crippen molar-refractivity contribution in [3.63, 3.8) is 0 Å². The van der Waals surface area contributed by atoms with E-state index >= 15 is 0 Å². The van der Waals surface area contributed by atoms with E-state index in [4.69, 9.17) is 4.42 Å². The molecule has 0 amide bonds. The van der Waals surface area contributed by atoms with Gasteiger partial charge in [0.15, 0.2) is 0 Å². The Bertz CT molecular complexity index is 3350. The topological polar surface area (TPSA) is 13.1 Å². The Morgan fingerprint density at radius 1 is 0.352 bits per heavy atom. The first-order valence-corrected chi connectivity index (χ1v) is 18.9. The predicted molar refractivity (Wildman–Crippen MR) is 230 cm³/mol. The summed E-state index contributed by atoms with van der Waals surface area (Å²) in [5, 5.41) is 14.9. The molecule has 0 atom stereocenters. The van der Waals surface area contributed by atoms with Crippen LogP contribution in [0.1, 0.15) is 25.0 Å². The largest absolute Gasteiger partial charge is 0.456 e. The summed E-state index contributed by atoms with van der Waals surface area (Å²) in [6, 6.07) is 62.8. The fourth-order valence-corrected chi connectivity index (χ4v) is 10.00. The van der Waals surface area contributed by atoms with Gasteiger partial charge in [-0.25, -0.2) is 0 Å². The second-order valence-corrected chi connectivity index (χ2v) is 15.5. The van der Waals surface area contributed by atoms with Crippen LogP contribution in [0.25, 0.3) is 109 Å². The predicted octanol–water partition coefficient (Wildman–Crippen LogP) is 15.0. The fraction of sp³-hybridized carbons (Fsp3) is 0.0566. The fourth-order valence-electron chi connectivity index (χ4n) is 10.00. The van der Waals surface area contributed by atoms with Gasteiger partial charge in [0.2, 0.25) is 0 Å². The highest BCUT2D eigenvalue weighted by molar-refractivity contribution is 6.31. The van der Waals surface area contributed by atoms with E-state index in [-0.39, 0.29) is 5.41 Å². The maximum Gasteiger partial charge on any atom is 0.136 e. The smallest absolute Gasteiger partial charge is 0.136 e. The van der Waals surface area contributed by atoms with E-state index < -0.39 is 0 Å². The standard InChI is InChI=1S/C53H34O/c1-53(2)44-27-24-31-13-3-5-15-34(31)50(44)42-26-23-33(29-45(42)53)48-38-19-9-11-21-40(38)49(41-22-12-10-20-39(41)48)43-30-47-52(37-18-8-7-17-36(37)43)51-35-16-6-4-14-32(35)25-28-46(51)54-47/h3-30H,1-2H3. The third-order valence-electron chi connectivity index (χ3n) is 12.4. The Kier molecular flexibility index (Phi) is 5.90. The van der Waals surface area contributed by atoms with Crippen LogP contribution >= 0.6 is 0 Å². The van der Waals surface area contributed by atoms with Crippen LogP contribution < -0.4 is 0 Å². The average Bonchev–Trinajstić information content (AvgIpc) is 3.71. The highest BCUT2D eigenvalue weighted by atomic mass is 16.3. The van der Waals surface area contributed by atoms with E-state index in [2.05, 4.69) is 184 Å². The van der Waals surface area contributed by atoms with Crippen LogP contribution in [0.5, 0.6) is 0 Å². The third kappa shape index (κ3) is 3.88. The van der Waals surface area contributed by atoms with Crippen molar-refractivity contribution in [2.75, 3.05) is 0 Å². The van der Waals surface area contributed by atoms with Crippen molar-refractivity contribution in [2.24, 2.45) is 0 Å². The average molecular weight is 687 g/mol. The van der Waals surface area contributed by atoms with Gasteiger partial charge in [0.05, 0.1) is 0 Å².